The standard InChI is InChI=1S/C33H58F2N4O8/c1-11-20(6)25(29(43)46-10)37-28(42)23(18(2)3)38-30(44)33(34,35)26(40)22(17-21-15-13-12-14-16-21)36-27(41)24(19(4)5)39-31(45)47-32(7,8)9/h18-26,40H,11-17H2,1-10H3,(H,36,41)(H,37,42)(H,38,44)(H,39,45)/t20-,22-,23-,24-,25-,26+/m0/s1. The zero-order chi connectivity index (χ0) is 36.3. The van der Waals surface area contributed by atoms with Crippen molar-refractivity contribution in [2.24, 2.45) is 23.7 Å². The molecule has 0 spiro atoms. The third kappa shape index (κ3) is 13.2. The van der Waals surface area contributed by atoms with Gasteiger partial charge in [0.05, 0.1) is 13.2 Å². The monoisotopic (exact) mass is 676 g/mol. The summed E-state index contributed by atoms with van der Waals surface area (Å²) >= 11 is 0. The van der Waals surface area contributed by atoms with Gasteiger partial charge in [-0.1, -0.05) is 80.1 Å². The topological polar surface area (TPSA) is 172 Å². The van der Waals surface area contributed by atoms with Crippen molar-refractivity contribution in [2.75, 3.05) is 7.11 Å². The number of ether oxygens (including phenoxy) is 2. The van der Waals surface area contributed by atoms with Crippen LogP contribution in [0.4, 0.5) is 13.6 Å². The first kappa shape index (κ1) is 42.0. The molecule has 0 bridgehead atoms. The molecule has 0 aromatic rings. The van der Waals surface area contributed by atoms with E-state index in [1.54, 1.807) is 48.5 Å². The number of hydrogen-bond donors (Lipinski definition) is 5. The summed E-state index contributed by atoms with van der Waals surface area (Å²) < 4.78 is 41.7. The SMILES string of the molecule is CC[C@H](C)[C@H](NC(=O)[C@@H](NC(=O)C(F)(F)[C@H](O)[C@H](CC1CCCCC1)NC(=O)[C@@H](NC(=O)OC(C)(C)C)C(C)C)C(C)C)C(=O)OC. The van der Waals surface area contributed by atoms with Crippen LogP contribution in [0.5, 0.6) is 0 Å². The number of aliphatic hydroxyl groups is 1. The minimum absolute atomic E-state index is 0.0309. The van der Waals surface area contributed by atoms with Crippen molar-refractivity contribution >= 4 is 29.8 Å². The largest absolute Gasteiger partial charge is 0.467 e. The van der Waals surface area contributed by atoms with Crippen LogP contribution >= 0.6 is 0 Å². The Kier molecular flexibility index (Phi) is 16.5. The van der Waals surface area contributed by atoms with Crippen LogP contribution in [0.25, 0.3) is 0 Å². The average Bonchev–Trinajstić information content (AvgIpc) is 2.98. The molecule has 1 aliphatic carbocycles. The van der Waals surface area contributed by atoms with E-state index in [-0.39, 0.29) is 18.3 Å². The van der Waals surface area contributed by atoms with Crippen LogP contribution in [0, 0.1) is 23.7 Å². The van der Waals surface area contributed by atoms with E-state index in [2.05, 4.69) is 21.3 Å². The highest BCUT2D eigenvalue weighted by Gasteiger charge is 2.52. The van der Waals surface area contributed by atoms with Gasteiger partial charge in [0.25, 0.3) is 5.91 Å². The van der Waals surface area contributed by atoms with Gasteiger partial charge in [-0.2, -0.15) is 8.78 Å². The number of amides is 4. The Labute approximate surface area is 278 Å². The van der Waals surface area contributed by atoms with Crippen LogP contribution in [0.1, 0.15) is 107 Å². The summed E-state index contributed by atoms with van der Waals surface area (Å²) in [5.74, 6) is -10.3. The van der Waals surface area contributed by atoms with Crippen LogP contribution < -0.4 is 21.3 Å². The normalized spacial score (nSPS) is 18.3. The van der Waals surface area contributed by atoms with Gasteiger partial charge in [-0.25, -0.2) is 9.59 Å². The van der Waals surface area contributed by atoms with Gasteiger partial charge in [-0.3, -0.25) is 14.4 Å². The molecular weight excluding hydrogens is 618 g/mol. The van der Waals surface area contributed by atoms with E-state index < -0.39 is 83.4 Å². The summed E-state index contributed by atoms with van der Waals surface area (Å²) in [7, 11) is 1.16. The molecule has 14 heteroatoms. The van der Waals surface area contributed by atoms with E-state index in [0.29, 0.717) is 19.3 Å². The van der Waals surface area contributed by atoms with Crippen molar-refractivity contribution in [2.45, 2.75) is 149 Å². The average molecular weight is 677 g/mol. The lowest BCUT2D eigenvalue weighted by Crippen LogP contribution is -2.63. The summed E-state index contributed by atoms with van der Waals surface area (Å²) in [6, 6.07) is -5.30. The van der Waals surface area contributed by atoms with Crippen molar-refractivity contribution in [3.8, 4) is 0 Å². The minimum Gasteiger partial charge on any atom is -0.467 e. The van der Waals surface area contributed by atoms with Gasteiger partial charge >= 0.3 is 18.0 Å². The number of esters is 1. The van der Waals surface area contributed by atoms with Crippen LogP contribution in [-0.4, -0.2) is 83.8 Å². The highest BCUT2D eigenvalue weighted by molar-refractivity contribution is 5.93. The zero-order valence-electron chi connectivity index (χ0n) is 29.7. The fraction of sp³-hybridized carbons (Fsp3) is 0.848. The fourth-order valence-electron chi connectivity index (χ4n) is 5.49. The summed E-state index contributed by atoms with van der Waals surface area (Å²) in [4.78, 5) is 64.5. The Bertz CT molecular complexity index is 1060. The van der Waals surface area contributed by atoms with Gasteiger partial charge < -0.3 is 35.8 Å². The summed E-state index contributed by atoms with van der Waals surface area (Å²) in [5, 5.41) is 20.6. The number of nitrogens with one attached hydrogen (secondary N) is 4. The number of methoxy groups -OCH3 is 1. The second kappa shape index (κ2) is 18.5. The molecule has 0 aromatic heterocycles. The molecular formula is C33H58F2N4O8. The number of carbonyl (C=O) groups is 5. The molecule has 0 aliphatic heterocycles. The van der Waals surface area contributed by atoms with Gasteiger partial charge in [0.2, 0.25) is 11.8 Å². The maximum absolute atomic E-state index is 15.8. The lowest BCUT2D eigenvalue weighted by Gasteiger charge is -2.35. The quantitative estimate of drug-likeness (QED) is 0.154. The Morgan fingerprint density at radius 2 is 1.32 bits per heavy atom. The van der Waals surface area contributed by atoms with Crippen molar-refractivity contribution in [1.82, 2.24) is 21.3 Å². The molecule has 12 nitrogen and oxygen atoms in total. The van der Waals surface area contributed by atoms with Crippen molar-refractivity contribution in [3.05, 3.63) is 0 Å². The lowest BCUT2D eigenvalue weighted by atomic mass is 9.82. The summed E-state index contributed by atoms with van der Waals surface area (Å²) in [5.41, 5.74) is -0.851. The van der Waals surface area contributed by atoms with E-state index in [0.717, 1.165) is 26.4 Å². The number of hydrogen-bond acceptors (Lipinski definition) is 8. The van der Waals surface area contributed by atoms with Crippen LogP contribution in [0.2, 0.25) is 0 Å². The molecule has 1 saturated carbocycles. The van der Waals surface area contributed by atoms with Gasteiger partial charge in [-0.05, 0) is 50.9 Å². The first-order valence-electron chi connectivity index (χ1n) is 16.7. The van der Waals surface area contributed by atoms with Crippen molar-refractivity contribution < 1.29 is 47.3 Å². The number of aliphatic hydroxyl groups excluding tert-OH is 1. The molecule has 5 N–H and O–H groups in total. The molecule has 0 aromatic carbocycles. The van der Waals surface area contributed by atoms with E-state index in [9.17, 15) is 29.1 Å². The molecule has 1 fully saturated rings. The van der Waals surface area contributed by atoms with Gasteiger partial charge in [0.1, 0.15) is 29.8 Å². The Hall–Kier alpha value is -3.03. The molecule has 0 saturated heterocycles. The van der Waals surface area contributed by atoms with E-state index >= 15 is 8.78 Å². The molecule has 6 atom stereocenters. The van der Waals surface area contributed by atoms with Crippen molar-refractivity contribution in [3.63, 3.8) is 0 Å². The van der Waals surface area contributed by atoms with Crippen LogP contribution in [-0.2, 0) is 28.7 Å². The predicted molar refractivity (Wildman–Crippen MR) is 172 cm³/mol. The highest BCUT2D eigenvalue weighted by Crippen LogP contribution is 2.31. The first-order valence-corrected chi connectivity index (χ1v) is 16.7. The smallest absolute Gasteiger partial charge is 0.408 e. The van der Waals surface area contributed by atoms with E-state index in [4.69, 9.17) is 9.47 Å². The number of carbonyl (C=O) groups excluding carboxylic acids is 5. The summed E-state index contributed by atoms with van der Waals surface area (Å²) in [6.07, 6.45) is 1.04. The second-order valence-corrected chi connectivity index (χ2v) is 14.4. The third-order valence-corrected chi connectivity index (χ3v) is 8.52. The summed E-state index contributed by atoms with van der Waals surface area (Å²) in [6.45, 7) is 14.8. The molecule has 0 unspecified atom stereocenters. The molecule has 1 aliphatic rings. The molecule has 0 radical (unpaired) electrons. The highest BCUT2D eigenvalue weighted by atomic mass is 19.3. The van der Waals surface area contributed by atoms with Crippen LogP contribution in [0.15, 0.2) is 0 Å². The van der Waals surface area contributed by atoms with E-state index in [1.807, 2.05) is 0 Å². The molecule has 0 heterocycles. The Balaban J connectivity index is 3.28. The zero-order valence-corrected chi connectivity index (χ0v) is 29.7. The fourth-order valence-corrected chi connectivity index (χ4v) is 5.49. The van der Waals surface area contributed by atoms with Crippen molar-refractivity contribution in [1.29, 1.82) is 0 Å². The molecule has 47 heavy (non-hydrogen) atoms. The number of alkyl halides is 2. The van der Waals surface area contributed by atoms with Crippen LogP contribution in [0.3, 0.4) is 0 Å². The molecule has 272 valence electrons. The number of alkyl carbamates (subject to hydrolysis) is 1. The molecule has 1 rings (SSSR count). The predicted octanol–water partition coefficient (Wildman–Crippen LogP) is 3.83. The maximum Gasteiger partial charge on any atom is 0.408 e. The second-order valence-electron chi connectivity index (χ2n) is 14.4. The Morgan fingerprint density at radius 3 is 1.79 bits per heavy atom. The maximum atomic E-state index is 15.8. The first-order chi connectivity index (χ1) is 21.7. The van der Waals surface area contributed by atoms with Gasteiger partial charge in [-0.15, -0.1) is 0 Å². The van der Waals surface area contributed by atoms with Gasteiger partial charge in [0, 0.05) is 0 Å². The number of rotatable bonds is 16. The lowest BCUT2D eigenvalue weighted by molar-refractivity contribution is -0.170. The Morgan fingerprint density at radius 1 is 0.809 bits per heavy atom. The van der Waals surface area contributed by atoms with Gasteiger partial charge in [0.15, 0.2) is 0 Å². The third-order valence-electron chi connectivity index (χ3n) is 8.52. The molecule has 4 amide bonds. The number of halogens is 2. The minimum atomic E-state index is -4.44. The van der Waals surface area contributed by atoms with E-state index in [1.165, 1.54) is 13.8 Å².